The van der Waals surface area contributed by atoms with Gasteiger partial charge in [0.05, 0.1) is 11.8 Å². The van der Waals surface area contributed by atoms with Gasteiger partial charge < -0.3 is 10.2 Å². The maximum absolute atomic E-state index is 12.3. The van der Waals surface area contributed by atoms with Crippen molar-refractivity contribution in [3.8, 4) is 0 Å². The lowest BCUT2D eigenvalue weighted by atomic mass is 10.3. The van der Waals surface area contributed by atoms with Crippen LogP contribution in [0.15, 0.2) is 0 Å². The third-order valence-electron chi connectivity index (χ3n) is 4.04. The summed E-state index contributed by atoms with van der Waals surface area (Å²) in [7, 11) is -3.18. The highest BCUT2D eigenvalue weighted by Gasteiger charge is 2.36. The molecule has 22 heavy (non-hydrogen) atoms. The second-order valence-corrected chi connectivity index (χ2v) is 8.30. The molecule has 2 fully saturated rings. The number of nitrogens with one attached hydrogen (secondary N) is 1. The van der Waals surface area contributed by atoms with E-state index in [1.807, 2.05) is 0 Å². The van der Waals surface area contributed by atoms with E-state index in [2.05, 4.69) is 5.32 Å². The Morgan fingerprint density at radius 3 is 2.45 bits per heavy atom. The Balaban J connectivity index is 1.79. The number of rotatable bonds is 3. The normalized spacial score (nSPS) is 27.4. The zero-order valence-electron chi connectivity index (χ0n) is 12.3. The molecule has 0 aliphatic carbocycles. The number of carbonyl (C=O) groups is 1. The molecule has 0 aromatic heterocycles. The van der Waals surface area contributed by atoms with Gasteiger partial charge in [-0.25, -0.2) is 13.2 Å². The van der Waals surface area contributed by atoms with Crippen LogP contribution in [0.4, 0.5) is 18.0 Å². The summed E-state index contributed by atoms with van der Waals surface area (Å²) in [6.45, 7) is -0.0313. The number of nitrogens with zero attached hydrogens (tertiary/aromatic N) is 2. The minimum absolute atomic E-state index is 0.143. The fraction of sp³-hybridized carbons (Fsp3) is 0.917. The number of hydrogen-bond acceptors (Lipinski definition) is 4. The first-order valence-corrected chi connectivity index (χ1v) is 9.03. The molecule has 2 rings (SSSR count). The van der Waals surface area contributed by atoms with Crippen molar-refractivity contribution in [2.75, 3.05) is 39.0 Å². The lowest BCUT2D eigenvalue weighted by molar-refractivity contribution is -0.143. The van der Waals surface area contributed by atoms with Crippen LogP contribution in [-0.4, -0.2) is 80.7 Å². The van der Waals surface area contributed by atoms with Crippen LogP contribution in [0.3, 0.4) is 0 Å². The van der Waals surface area contributed by atoms with E-state index in [9.17, 15) is 26.4 Å². The lowest BCUT2D eigenvalue weighted by Crippen LogP contribution is -2.46. The number of hydrogen-bond donors (Lipinski definition) is 1. The van der Waals surface area contributed by atoms with Crippen molar-refractivity contribution in [2.45, 2.75) is 30.3 Å². The molecule has 2 heterocycles. The van der Waals surface area contributed by atoms with Gasteiger partial charge in [0.1, 0.15) is 0 Å². The molecule has 0 bridgehead atoms. The summed E-state index contributed by atoms with van der Waals surface area (Å²) in [6, 6.07) is -0.725. The van der Waals surface area contributed by atoms with Crippen molar-refractivity contribution < 1.29 is 26.4 Å². The summed E-state index contributed by atoms with van der Waals surface area (Å²) < 4.78 is 59.8. The van der Waals surface area contributed by atoms with E-state index in [4.69, 9.17) is 0 Å². The molecule has 0 aromatic carbocycles. The van der Waals surface area contributed by atoms with Crippen LogP contribution in [0.2, 0.25) is 0 Å². The number of urea groups is 1. The van der Waals surface area contributed by atoms with E-state index in [1.165, 1.54) is 9.80 Å². The first-order valence-electron chi connectivity index (χ1n) is 7.08. The highest BCUT2D eigenvalue weighted by Crippen LogP contribution is 2.21. The monoisotopic (exact) mass is 343 g/mol. The molecule has 0 unspecified atom stereocenters. The highest BCUT2D eigenvalue weighted by atomic mass is 32.2. The molecule has 2 amide bonds. The minimum atomic E-state index is -4.24. The Bertz CT molecular complexity index is 523. The van der Waals surface area contributed by atoms with Crippen LogP contribution in [0.25, 0.3) is 0 Å². The molecule has 1 N–H and O–H groups in total. The quantitative estimate of drug-likeness (QED) is 0.808. The maximum atomic E-state index is 12.3. The van der Waals surface area contributed by atoms with Gasteiger partial charge in [-0.05, 0) is 12.8 Å². The van der Waals surface area contributed by atoms with Crippen LogP contribution >= 0.6 is 0 Å². The fourth-order valence-electron chi connectivity index (χ4n) is 2.88. The van der Waals surface area contributed by atoms with Crippen LogP contribution in [0, 0.1) is 0 Å². The van der Waals surface area contributed by atoms with Crippen LogP contribution < -0.4 is 5.32 Å². The molecule has 6 nitrogen and oxygen atoms in total. The Hall–Kier alpha value is -1.03. The Labute approximate surface area is 127 Å². The molecule has 2 saturated heterocycles. The first kappa shape index (κ1) is 17.3. The summed E-state index contributed by atoms with van der Waals surface area (Å²) in [4.78, 5) is 14.7. The average molecular weight is 343 g/mol. The van der Waals surface area contributed by atoms with Gasteiger partial charge in [0.25, 0.3) is 0 Å². The molecule has 0 spiro atoms. The van der Waals surface area contributed by atoms with Gasteiger partial charge in [0.2, 0.25) is 0 Å². The van der Waals surface area contributed by atoms with E-state index in [-0.39, 0.29) is 25.7 Å². The topological polar surface area (TPSA) is 69.7 Å². The smallest absolute Gasteiger partial charge is 0.334 e. The maximum Gasteiger partial charge on any atom is 0.401 e. The van der Waals surface area contributed by atoms with Crippen LogP contribution in [0.1, 0.15) is 12.8 Å². The van der Waals surface area contributed by atoms with Crippen molar-refractivity contribution >= 4 is 15.9 Å². The highest BCUT2D eigenvalue weighted by molar-refractivity contribution is 7.91. The van der Waals surface area contributed by atoms with Gasteiger partial charge in [-0.1, -0.05) is 0 Å². The molecular formula is C12H20F3N3O3S. The zero-order chi connectivity index (χ0) is 16.5. The molecule has 10 heteroatoms. The summed E-state index contributed by atoms with van der Waals surface area (Å²) in [6.07, 6.45) is -2.23. The molecule has 2 aliphatic heterocycles. The molecule has 0 aromatic rings. The Morgan fingerprint density at radius 2 is 1.91 bits per heavy atom. The predicted octanol–water partition coefficient (Wildman–Crippen LogP) is 0.452. The van der Waals surface area contributed by atoms with E-state index in [0.29, 0.717) is 19.4 Å². The van der Waals surface area contributed by atoms with Gasteiger partial charge >= 0.3 is 12.2 Å². The molecule has 2 atom stereocenters. The number of carbonyl (C=O) groups excluding carboxylic acids is 1. The average Bonchev–Trinajstić information content (AvgIpc) is 2.95. The SMILES string of the molecule is CS(=O)(=O)[C@@H]1CCN(C(=O)N[C@@H]2CCN(CC(F)(F)F)C2)C1. The number of alkyl halides is 3. The van der Waals surface area contributed by atoms with Gasteiger partial charge in [-0.3, -0.25) is 4.90 Å². The summed E-state index contributed by atoms with van der Waals surface area (Å²) >= 11 is 0. The van der Waals surface area contributed by atoms with E-state index in [1.54, 1.807) is 0 Å². The second-order valence-electron chi connectivity index (χ2n) is 5.97. The zero-order valence-corrected chi connectivity index (χ0v) is 13.1. The van der Waals surface area contributed by atoms with E-state index in [0.717, 1.165) is 6.26 Å². The predicted molar refractivity (Wildman–Crippen MR) is 74.3 cm³/mol. The fourth-order valence-corrected chi connectivity index (χ4v) is 3.86. The van der Waals surface area contributed by atoms with Crippen LogP contribution in [-0.2, 0) is 9.84 Å². The minimum Gasteiger partial charge on any atom is -0.334 e. The van der Waals surface area contributed by atoms with Gasteiger partial charge in [-0.15, -0.1) is 0 Å². The van der Waals surface area contributed by atoms with Gasteiger partial charge in [0, 0.05) is 38.5 Å². The summed E-state index contributed by atoms with van der Waals surface area (Å²) in [5, 5.41) is 2.14. The summed E-state index contributed by atoms with van der Waals surface area (Å²) in [5.41, 5.74) is 0. The Morgan fingerprint density at radius 1 is 1.23 bits per heavy atom. The first-order chi connectivity index (χ1) is 10.0. The van der Waals surface area contributed by atoms with Crippen molar-refractivity contribution in [1.29, 1.82) is 0 Å². The van der Waals surface area contributed by atoms with Crippen molar-refractivity contribution in [3.05, 3.63) is 0 Å². The Kier molecular flexibility index (Phi) is 4.90. The molecule has 0 saturated carbocycles. The van der Waals surface area contributed by atoms with Crippen LogP contribution in [0.5, 0.6) is 0 Å². The number of sulfone groups is 1. The molecule has 128 valence electrons. The van der Waals surface area contributed by atoms with Gasteiger partial charge in [0.15, 0.2) is 9.84 Å². The van der Waals surface area contributed by atoms with Gasteiger partial charge in [-0.2, -0.15) is 13.2 Å². The number of halogens is 3. The number of likely N-dealkylation sites (tertiary alicyclic amines) is 2. The largest absolute Gasteiger partial charge is 0.401 e. The van der Waals surface area contributed by atoms with Crippen molar-refractivity contribution in [3.63, 3.8) is 0 Å². The van der Waals surface area contributed by atoms with E-state index >= 15 is 0 Å². The number of amides is 2. The third kappa shape index (κ3) is 4.73. The van der Waals surface area contributed by atoms with E-state index < -0.39 is 33.8 Å². The second kappa shape index (κ2) is 6.23. The third-order valence-corrected chi connectivity index (χ3v) is 5.64. The van der Waals surface area contributed by atoms with Crippen molar-refractivity contribution in [2.24, 2.45) is 0 Å². The van der Waals surface area contributed by atoms with Crippen molar-refractivity contribution in [1.82, 2.24) is 15.1 Å². The lowest BCUT2D eigenvalue weighted by Gasteiger charge is -2.21. The molecule has 2 aliphatic rings. The standard InChI is InChI=1S/C12H20F3N3O3S/c1-22(20,21)10-3-5-18(7-10)11(19)16-9-2-4-17(6-9)8-12(13,14)15/h9-10H,2-8H2,1H3,(H,16,19)/t9-,10-/m1/s1. The molecular weight excluding hydrogens is 323 g/mol. The molecule has 0 radical (unpaired) electrons. The summed E-state index contributed by atoms with van der Waals surface area (Å²) in [5.74, 6) is 0.